The van der Waals surface area contributed by atoms with E-state index in [9.17, 15) is 9.18 Å². The molecule has 3 nitrogen and oxygen atoms in total. The molecule has 2 rings (SSSR count). The smallest absolute Gasteiger partial charge is 0.167 e. The minimum Gasteiger partial charge on any atom is -0.344 e. The van der Waals surface area contributed by atoms with Crippen molar-refractivity contribution in [1.82, 2.24) is 4.98 Å². The number of aldehydes is 1. The zero-order valence-corrected chi connectivity index (χ0v) is 9.45. The Morgan fingerprint density at radius 2 is 2.38 bits per heavy atom. The van der Waals surface area contributed by atoms with E-state index in [1.54, 1.807) is 4.90 Å². The summed E-state index contributed by atoms with van der Waals surface area (Å²) in [4.78, 5) is 16.6. The molecule has 1 fully saturated rings. The SMILES string of the molecule is O=CC1CCCCN1c1ncc(Cl)cc1F. The number of rotatable bonds is 2. The fraction of sp³-hybridized carbons (Fsp3) is 0.455. The van der Waals surface area contributed by atoms with E-state index in [0.717, 1.165) is 25.5 Å². The Morgan fingerprint density at radius 3 is 3.06 bits per heavy atom. The van der Waals surface area contributed by atoms with Crippen LogP contribution in [0.4, 0.5) is 10.2 Å². The van der Waals surface area contributed by atoms with Crippen molar-refractivity contribution < 1.29 is 9.18 Å². The summed E-state index contributed by atoms with van der Waals surface area (Å²) in [6.07, 6.45) is 4.96. The molecule has 0 radical (unpaired) electrons. The highest BCUT2D eigenvalue weighted by Crippen LogP contribution is 2.25. The molecule has 2 heterocycles. The van der Waals surface area contributed by atoms with E-state index in [-0.39, 0.29) is 16.9 Å². The van der Waals surface area contributed by atoms with Crippen LogP contribution in [0, 0.1) is 5.82 Å². The number of halogens is 2. The van der Waals surface area contributed by atoms with Gasteiger partial charge in [-0.05, 0) is 25.3 Å². The molecule has 0 amide bonds. The van der Waals surface area contributed by atoms with Gasteiger partial charge in [-0.1, -0.05) is 11.6 Å². The summed E-state index contributed by atoms with van der Waals surface area (Å²) in [5.41, 5.74) is 0. The van der Waals surface area contributed by atoms with Crippen molar-refractivity contribution in [3.63, 3.8) is 0 Å². The maximum atomic E-state index is 13.6. The standard InChI is InChI=1S/C11H12ClFN2O/c12-8-5-10(13)11(14-6-8)15-4-2-1-3-9(15)7-16/h5-7,9H,1-4H2. The van der Waals surface area contributed by atoms with Crippen LogP contribution < -0.4 is 4.90 Å². The molecule has 1 aromatic heterocycles. The number of carbonyl (C=O) groups excluding carboxylic acids is 1. The number of hydrogen-bond acceptors (Lipinski definition) is 3. The highest BCUT2D eigenvalue weighted by Gasteiger charge is 2.25. The predicted molar refractivity (Wildman–Crippen MR) is 60.3 cm³/mol. The number of piperidine rings is 1. The molecule has 0 aliphatic carbocycles. The molecule has 0 N–H and O–H groups in total. The third kappa shape index (κ3) is 2.16. The van der Waals surface area contributed by atoms with E-state index in [2.05, 4.69) is 4.98 Å². The molecule has 0 bridgehead atoms. The van der Waals surface area contributed by atoms with Crippen molar-refractivity contribution in [1.29, 1.82) is 0 Å². The molecule has 1 aliphatic heterocycles. The summed E-state index contributed by atoms with van der Waals surface area (Å²) in [6, 6.07) is 0.956. The minimum atomic E-state index is -0.471. The molecule has 16 heavy (non-hydrogen) atoms. The molecule has 0 aromatic carbocycles. The lowest BCUT2D eigenvalue weighted by Crippen LogP contribution is -2.41. The molecule has 1 aromatic rings. The number of aromatic nitrogens is 1. The van der Waals surface area contributed by atoms with Gasteiger partial charge in [0.15, 0.2) is 11.6 Å². The Morgan fingerprint density at radius 1 is 1.56 bits per heavy atom. The van der Waals surface area contributed by atoms with Gasteiger partial charge in [-0.2, -0.15) is 0 Å². The monoisotopic (exact) mass is 242 g/mol. The number of nitrogens with zero attached hydrogens (tertiary/aromatic N) is 2. The van der Waals surface area contributed by atoms with E-state index in [1.807, 2.05) is 0 Å². The summed E-state index contributed by atoms with van der Waals surface area (Å²) in [7, 11) is 0. The van der Waals surface area contributed by atoms with Gasteiger partial charge in [-0.15, -0.1) is 0 Å². The molecule has 1 unspecified atom stereocenters. The Kier molecular flexibility index (Phi) is 3.39. The van der Waals surface area contributed by atoms with Crippen LogP contribution in [0.5, 0.6) is 0 Å². The molecule has 5 heteroatoms. The molecular formula is C11H12ClFN2O. The summed E-state index contributed by atoms with van der Waals surface area (Å²) < 4.78 is 13.6. The fourth-order valence-electron chi connectivity index (χ4n) is 1.98. The van der Waals surface area contributed by atoms with Gasteiger partial charge in [0.2, 0.25) is 0 Å². The molecule has 1 aliphatic rings. The number of anilines is 1. The number of pyridine rings is 1. The Bertz CT molecular complexity index is 400. The van der Waals surface area contributed by atoms with E-state index in [0.29, 0.717) is 6.54 Å². The van der Waals surface area contributed by atoms with Gasteiger partial charge in [0, 0.05) is 12.7 Å². The first kappa shape index (κ1) is 11.3. The van der Waals surface area contributed by atoms with Crippen LogP contribution in [0.1, 0.15) is 19.3 Å². The summed E-state index contributed by atoms with van der Waals surface area (Å²) in [6.45, 7) is 0.662. The largest absolute Gasteiger partial charge is 0.344 e. The summed E-state index contributed by atoms with van der Waals surface area (Å²) in [5, 5.41) is 0.265. The zero-order chi connectivity index (χ0) is 11.5. The molecule has 86 valence electrons. The second-order valence-electron chi connectivity index (χ2n) is 3.85. The Labute approximate surface area is 98.2 Å². The fourth-order valence-corrected chi connectivity index (χ4v) is 2.13. The van der Waals surface area contributed by atoms with Gasteiger partial charge in [-0.3, -0.25) is 0 Å². The van der Waals surface area contributed by atoms with Gasteiger partial charge < -0.3 is 9.69 Å². The van der Waals surface area contributed by atoms with Crippen molar-refractivity contribution in [3.05, 3.63) is 23.1 Å². The second-order valence-corrected chi connectivity index (χ2v) is 4.29. The number of carbonyl (C=O) groups is 1. The quantitative estimate of drug-likeness (QED) is 0.747. The first-order valence-corrected chi connectivity index (χ1v) is 5.63. The van der Waals surface area contributed by atoms with Crippen molar-refractivity contribution in [2.45, 2.75) is 25.3 Å². The van der Waals surface area contributed by atoms with Gasteiger partial charge in [0.1, 0.15) is 6.29 Å². The van der Waals surface area contributed by atoms with Gasteiger partial charge in [0.05, 0.1) is 11.1 Å². The second kappa shape index (κ2) is 4.78. The molecule has 1 saturated heterocycles. The van der Waals surface area contributed by atoms with Crippen molar-refractivity contribution >= 4 is 23.7 Å². The van der Waals surface area contributed by atoms with E-state index in [1.165, 1.54) is 12.3 Å². The average molecular weight is 243 g/mol. The lowest BCUT2D eigenvalue weighted by atomic mass is 10.0. The third-order valence-corrected chi connectivity index (χ3v) is 2.97. The summed E-state index contributed by atoms with van der Waals surface area (Å²) >= 11 is 5.64. The Hall–Kier alpha value is -1.16. The van der Waals surface area contributed by atoms with Crippen molar-refractivity contribution in [2.24, 2.45) is 0 Å². The van der Waals surface area contributed by atoms with Gasteiger partial charge in [-0.25, -0.2) is 9.37 Å². The van der Waals surface area contributed by atoms with Crippen LogP contribution >= 0.6 is 11.6 Å². The average Bonchev–Trinajstić information content (AvgIpc) is 2.29. The number of hydrogen-bond donors (Lipinski definition) is 0. The first-order chi connectivity index (χ1) is 7.72. The minimum absolute atomic E-state index is 0.223. The first-order valence-electron chi connectivity index (χ1n) is 5.25. The van der Waals surface area contributed by atoms with Crippen LogP contribution in [0.2, 0.25) is 5.02 Å². The van der Waals surface area contributed by atoms with Crippen molar-refractivity contribution in [3.8, 4) is 0 Å². The molecule has 1 atom stereocenters. The lowest BCUT2D eigenvalue weighted by Gasteiger charge is -2.33. The van der Waals surface area contributed by atoms with E-state index in [4.69, 9.17) is 11.6 Å². The van der Waals surface area contributed by atoms with Crippen LogP contribution in [0.25, 0.3) is 0 Å². The summed E-state index contributed by atoms with van der Waals surface area (Å²) in [5.74, 6) is -0.248. The molecule has 0 spiro atoms. The van der Waals surface area contributed by atoms with E-state index >= 15 is 0 Å². The maximum absolute atomic E-state index is 13.6. The third-order valence-electron chi connectivity index (χ3n) is 2.77. The highest BCUT2D eigenvalue weighted by atomic mass is 35.5. The molecular weight excluding hydrogens is 231 g/mol. The van der Waals surface area contributed by atoms with E-state index < -0.39 is 5.82 Å². The molecule has 0 saturated carbocycles. The normalized spacial score (nSPS) is 20.9. The topological polar surface area (TPSA) is 33.2 Å². The van der Waals surface area contributed by atoms with Crippen molar-refractivity contribution in [2.75, 3.05) is 11.4 Å². The van der Waals surface area contributed by atoms with Crippen LogP contribution in [0.15, 0.2) is 12.3 Å². The van der Waals surface area contributed by atoms with Gasteiger partial charge >= 0.3 is 0 Å². The highest BCUT2D eigenvalue weighted by molar-refractivity contribution is 6.30. The lowest BCUT2D eigenvalue weighted by molar-refractivity contribution is -0.109. The van der Waals surface area contributed by atoms with Crippen LogP contribution in [-0.2, 0) is 4.79 Å². The van der Waals surface area contributed by atoms with Crippen LogP contribution in [-0.4, -0.2) is 23.9 Å². The maximum Gasteiger partial charge on any atom is 0.167 e. The van der Waals surface area contributed by atoms with Gasteiger partial charge in [0.25, 0.3) is 0 Å². The Balaban J connectivity index is 2.30. The van der Waals surface area contributed by atoms with Crippen LogP contribution in [0.3, 0.4) is 0 Å². The zero-order valence-electron chi connectivity index (χ0n) is 8.70. The predicted octanol–water partition coefficient (Wildman–Crippen LogP) is 2.43.